The first-order valence-corrected chi connectivity index (χ1v) is 14.8. The topological polar surface area (TPSA) is 326 Å². The third kappa shape index (κ3) is 13.9. The Balaban J connectivity index is 2.91. The lowest BCUT2D eigenvalue weighted by molar-refractivity contribution is -0.143. The zero-order chi connectivity index (χ0) is 33.2. The molecule has 5 atom stereocenters. The Kier molecular flexibility index (Phi) is 17.1. The number of nitrogens with two attached hydrogens (primary N) is 6. The number of amides is 4. The first-order valence-electron chi connectivity index (χ1n) is 14.8. The molecule has 0 saturated carbocycles. The molecule has 1 aliphatic rings. The maximum absolute atomic E-state index is 13.7. The Morgan fingerprint density at radius 3 is 1.98 bits per heavy atom. The average molecular weight is 627 g/mol. The number of aliphatic carboxylic acids is 1. The molecule has 4 amide bonds. The normalized spacial score (nSPS) is 17.0. The Morgan fingerprint density at radius 2 is 1.41 bits per heavy atom. The lowest BCUT2D eigenvalue weighted by Gasteiger charge is -2.30. The van der Waals surface area contributed by atoms with Crippen molar-refractivity contribution in [3.05, 3.63) is 0 Å². The van der Waals surface area contributed by atoms with Gasteiger partial charge >= 0.3 is 5.97 Å². The Morgan fingerprint density at radius 1 is 0.841 bits per heavy atom. The van der Waals surface area contributed by atoms with Crippen molar-refractivity contribution in [2.24, 2.45) is 44.4 Å². The van der Waals surface area contributed by atoms with Gasteiger partial charge in [-0.05, 0) is 71.3 Å². The van der Waals surface area contributed by atoms with Crippen LogP contribution in [0.15, 0.2) is 9.98 Å². The molecule has 1 saturated heterocycles. The summed E-state index contributed by atoms with van der Waals surface area (Å²) in [6, 6.07) is -5.04. The number of rotatable bonds is 20. The standard InChI is InChI=1S/C26H50N12O6/c1-15(20(39)37-18(24(43)44)8-2-3-11-27)35-22(41)19-10-6-14-38(19)23(42)17(9-5-13-34-26(31)32)36-21(40)16(28)7-4-12-33-25(29)30/h15-19H,2-14,27-28H2,1H3,(H,35,41)(H,36,40)(H,37,39)(H,43,44)(H4,29,30,33)(H4,31,32,34). The predicted octanol–water partition coefficient (Wildman–Crippen LogP) is -3.90. The molecule has 0 aromatic heterocycles. The highest BCUT2D eigenvalue weighted by Crippen LogP contribution is 2.20. The van der Waals surface area contributed by atoms with Gasteiger partial charge in [-0.3, -0.25) is 29.2 Å². The summed E-state index contributed by atoms with van der Waals surface area (Å²) < 4.78 is 0. The van der Waals surface area contributed by atoms with E-state index >= 15 is 0 Å². The van der Waals surface area contributed by atoms with Crippen molar-refractivity contribution in [3.8, 4) is 0 Å². The van der Waals surface area contributed by atoms with Gasteiger partial charge in [0, 0.05) is 19.6 Å². The molecule has 5 unspecified atom stereocenters. The minimum atomic E-state index is -1.19. The van der Waals surface area contributed by atoms with E-state index in [0.29, 0.717) is 45.1 Å². The van der Waals surface area contributed by atoms with Gasteiger partial charge in [-0.15, -0.1) is 0 Å². The number of guanidine groups is 2. The summed E-state index contributed by atoms with van der Waals surface area (Å²) in [5, 5.41) is 17.1. The molecule has 0 radical (unpaired) electrons. The zero-order valence-electron chi connectivity index (χ0n) is 25.4. The maximum atomic E-state index is 13.7. The van der Waals surface area contributed by atoms with E-state index in [1.54, 1.807) is 0 Å². The van der Waals surface area contributed by atoms with Crippen molar-refractivity contribution in [2.45, 2.75) is 94.9 Å². The second kappa shape index (κ2) is 19.9. The summed E-state index contributed by atoms with van der Waals surface area (Å²) in [7, 11) is 0. The van der Waals surface area contributed by atoms with Crippen molar-refractivity contribution in [1.82, 2.24) is 20.9 Å². The van der Waals surface area contributed by atoms with Gasteiger partial charge in [0.2, 0.25) is 23.6 Å². The highest BCUT2D eigenvalue weighted by molar-refractivity contribution is 5.95. The SMILES string of the molecule is CC(NC(=O)C1CCCN1C(=O)C(CCCN=C(N)N)NC(=O)C(N)CCCN=C(N)N)C(=O)NC(CCCCN)C(=O)O. The van der Waals surface area contributed by atoms with E-state index in [-0.39, 0.29) is 50.8 Å². The lowest BCUT2D eigenvalue weighted by Crippen LogP contribution is -2.57. The molecular formula is C26H50N12O6. The first kappa shape index (κ1) is 37.8. The van der Waals surface area contributed by atoms with E-state index < -0.39 is 59.8 Å². The number of hydrogen-bond acceptors (Lipinski definition) is 9. The smallest absolute Gasteiger partial charge is 0.326 e. The minimum absolute atomic E-state index is 0.0727. The first-order chi connectivity index (χ1) is 20.8. The van der Waals surface area contributed by atoms with Gasteiger partial charge in [-0.1, -0.05) is 0 Å². The monoisotopic (exact) mass is 626 g/mol. The van der Waals surface area contributed by atoms with E-state index in [4.69, 9.17) is 34.4 Å². The van der Waals surface area contributed by atoms with Gasteiger partial charge < -0.3 is 60.4 Å². The molecule has 1 rings (SSSR count). The second-order valence-corrected chi connectivity index (χ2v) is 10.7. The predicted molar refractivity (Wildman–Crippen MR) is 165 cm³/mol. The van der Waals surface area contributed by atoms with E-state index in [2.05, 4.69) is 25.9 Å². The van der Waals surface area contributed by atoms with Crippen LogP contribution in [-0.4, -0.2) is 108 Å². The molecule has 1 aliphatic heterocycles. The van der Waals surface area contributed by atoms with Crippen molar-refractivity contribution in [2.75, 3.05) is 26.2 Å². The number of carbonyl (C=O) groups is 5. The van der Waals surface area contributed by atoms with Crippen LogP contribution in [0.5, 0.6) is 0 Å². The van der Waals surface area contributed by atoms with Crippen LogP contribution in [0.25, 0.3) is 0 Å². The van der Waals surface area contributed by atoms with Crippen LogP contribution in [0.2, 0.25) is 0 Å². The van der Waals surface area contributed by atoms with Crippen LogP contribution in [0.1, 0.15) is 64.7 Å². The summed E-state index contributed by atoms with van der Waals surface area (Å²) in [5.74, 6) is -3.67. The average Bonchev–Trinajstić information content (AvgIpc) is 3.45. The number of carbonyl (C=O) groups excluding carboxylic acids is 4. The van der Waals surface area contributed by atoms with Crippen molar-refractivity contribution in [1.29, 1.82) is 0 Å². The van der Waals surface area contributed by atoms with Crippen LogP contribution in [0.4, 0.5) is 0 Å². The van der Waals surface area contributed by atoms with Crippen molar-refractivity contribution >= 4 is 41.5 Å². The van der Waals surface area contributed by atoms with Gasteiger partial charge in [-0.2, -0.15) is 0 Å². The van der Waals surface area contributed by atoms with Crippen LogP contribution in [-0.2, 0) is 24.0 Å². The van der Waals surface area contributed by atoms with Gasteiger partial charge in [-0.25, -0.2) is 4.79 Å². The van der Waals surface area contributed by atoms with Crippen LogP contribution >= 0.6 is 0 Å². The molecular weight excluding hydrogens is 576 g/mol. The van der Waals surface area contributed by atoms with Crippen molar-refractivity contribution in [3.63, 3.8) is 0 Å². The van der Waals surface area contributed by atoms with Gasteiger partial charge in [0.1, 0.15) is 24.2 Å². The number of nitrogens with zero attached hydrogens (tertiary/aromatic N) is 3. The quantitative estimate of drug-likeness (QED) is 0.0352. The summed E-state index contributed by atoms with van der Waals surface area (Å²) in [5.41, 5.74) is 32.9. The number of carboxylic acids is 1. The fourth-order valence-corrected chi connectivity index (χ4v) is 4.62. The maximum Gasteiger partial charge on any atom is 0.326 e. The summed E-state index contributed by atoms with van der Waals surface area (Å²) in [4.78, 5) is 73.1. The van der Waals surface area contributed by atoms with Crippen LogP contribution in [0.3, 0.4) is 0 Å². The van der Waals surface area contributed by atoms with E-state index in [0.717, 1.165) is 0 Å². The molecule has 18 heteroatoms. The molecule has 0 bridgehead atoms. The summed E-state index contributed by atoms with van der Waals surface area (Å²) in [6.45, 7) is 2.58. The van der Waals surface area contributed by atoms with Gasteiger partial charge in [0.25, 0.3) is 0 Å². The molecule has 0 aromatic rings. The molecule has 18 nitrogen and oxygen atoms in total. The summed E-state index contributed by atoms with van der Waals surface area (Å²) >= 11 is 0. The van der Waals surface area contributed by atoms with Gasteiger partial charge in [0.05, 0.1) is 6.04 Å². The van der Waals surface area contributed by atoms with E-state index in [1.807, 2.05) is 0 Å². The van der Waals surface area contributed by atoms with E-state index in [9.17, 15) is 29.1 Å². The number of carboxylic acid groups (broad SMARTS) is 1. The van der Waals surface area contributed by atoms with Crippen LogP contribution < -0.4 is 50.4 Å². The fraction of sp³-hybridized carbons (Fsp3) is 0.731. The molecule has 0 spiro atoms. The second-order valence-electron chi connectivity index (χ2n) is 10.7. The minimum Gasteiger partial charge on any atom is -0.480 e. The number of unbranched alkanes of at least 4 members (excludes halogenated alkanes) is 1. The largest absolute Gasteiger partial charge is 0.480 e. The molecule has 250 valence electrons. The highest BCUT2D eigenvalue weighted by Gasteiger charge is 2.38. The molecule has 0 aliphatic carbocycles. The molecule has 0 aromatic carbocycles. The molecule has 16 N–H and O–H groups in total. The Hall–Kier alpha value is -4.19. The van der Waals surface area contributed by atoms with Gasteiger partial charge in [0.15, 0.2) is 11.9 Å². The Labute approximate surface area is 257 Å². The highest BCUT2D eigenvalue weighted by atomic mass is 16.4. The molecule has 1 fully saturated rings. The Bertz CT molecular complexity index is 1030. The third-order valence-electron chi connectivity index (χ3n) is 7.02. The zero-order valence-corrected chi connectivity index (χ0v) is 25.4. The number of nitrogens with one attached hydrogen (secondary N) is 3. The molecule has 44 heavy (non-hydrogen) atoms. The molecule has 1 heterocycles. The van der Waals surface area contributed by atoms with E-state index in [1.165, 1.54) is 11.8 Å². The fourth-order valence-electron chi connectivity index (χ4n) is 4.62. The van der Waals surface area contributed by atoms with Crippen LogP contribution in [0, 0.1) is 0 Å². The van der Waals surface area contributed by atoms with Crippen molar-refractivity contribution < 1.29 is 29.1 Å². The lowest BCUT2D eigenvalue weighted by atomic mass is 10.1. The third-order valence-corrected chi connectivity index (χ3v) is 7.02. The summed E-state index contributed by atoms with van der Waals surface area (Å²) in [6.07, 6.45) is 3.41. The number of aliphatic imine (C=N–C) groups is 2. The number of likely N-dealkylation sites (tertiary alicyclic amines) is 1. The number of hydrogen-bond donors (Lipinski definition) is 10.